The van der Waals surface area contributed by atoms with E-state index < -0.39 is 11.2 Å². The van der Waals surface area contributed by atoms with Gasteiger partial charge >= 0.3 is 5.97 Å². The lowest BCUT2D eigenvalue weighted by Crippen LogP contribution is -2.31. The molecule has 1 saturated heterocycles. The molecule has 2 aromatic carbocycles. The molecule has 1 aliphatic rings. The number of para-hydroxylation sites is 2. The normalized spacial score (nSPS) is 16.8. The second-order valence-corrected chi connectivity index (χ2v) is 7.28. The topological polar surface area (TPSA) is 108 Å². The summed E-state index contributed by atoms with van der Waals surface area (Å²) in [5, 5.41) is 12.0. The Hall–Kier alpha value is -3.33. The number of thioether (sulfide) groups is 1. The van der Waals surface area contributed by atoms with Crippen molar-refractivity contribution in [3.8, 4) is 5.75 Å². The molecule has 0 saturated carbocycles. The Morgan fingerprint density at radius 3 is 2.52 bits per heavy atom. The number of ether oxygens (including phenoxy) is 1. The third-order valence-corrected chi connectivity index (χ3v) is 5.44. The van der Waals surface area contributed by atoms with Gasteiger partial charge in [0.25, 0.3) is 0 Å². The number of anilines is 2. The van der Waals surface area contributed by atoms with Crippen molar-refractivity contribution >= 4 is 46.1 Å². The van der Waals surface area contributed by atoms with E-state index >= 15 is 0 Å². The SMILES string of the molecule is CN=C(Nc1ccccc1OC)S[C@@H]1CC(=O)N(c2ccc(C(=O)O)cc2)C1=O. The molecule has 2 N–H and O–H groups in total. The van der Waals surface area contributed by atoms with Gasteiger partial charge in [-0.05, 0) is 36.4 Å². The van der Waals surface area contributed by atoms with Crippen molar-refractivity contribution in [2.75, 3.05) is 24.4 Å². The highest BCUT2D eigenvalue weighted by molar-refractivity contribution is 8.15. The number of carboxylic acid groups (broad SMARTS) is 1. The minimum absolute atomic E-state index is 0.0246. The van der Waals surface area contributed by atoms with E-state index in [1.807, 2.05) is 18.2 Å². The molecule has 150 valence electrons. The van der Waals surface area contributed by atoms with Gasteiger partial charge in [0.2, 0.25) is 11.8 Å². The van der Waals surface area contributed by atoms with E-state index in [1.54, 1.807) is 20.2 Å². The summed E-state index contributed by atoms with van der Waals surface area (Å²) in [6.45, 7) is 0. The lowest BCUT2D eigenvalue weighted by atomic mass is 10.2. The third-order valence-electron chi connectivity index (χ3n) is 4.28. The molecule has 8 nitrogen and oxygen atoms in total. The summed E-state index contributed by atoms with van der Waals surface area (Å²) in [5.74, 6) is -1.16. The maximum absolute atomic E-state index is 12.8. The lowest BCUT2D eigenvalue weighted by molar-refractivity contribution is -0.121. The highest BCUT2D eigenvalue weighted by atomic mass is 32.2. The number of benzene rings is 2. The van der Waals surface area contributed by atoms with Crippen molar-refractivity contribution in [2.24, 2.45) is 4.99 Å². The van der Waals surface area contributed by atoms with Crippen molar-refractivity contribution in [3.63, 3.8) is 0 Å². The van der Waals surface area contributed by atoms with Crippen LogP contribution in [0.5, 0.6) is 5.75 Å². The Bertz CT molecular complexity index is 974. The van der Waals surface area contributed by atoms with Crippen LogP contribution in [0.1, 0.15) is 16.8 Å². The maximum Gasteiger partial charge on any atom is 0.335 e. The minimum atomic E-state index is -1.07. The number of nitrogens with zero attached hydrogens (tertiary/aromatic N) is 2. The number of aromatic carboxylic acids is 1. The summed E-state index contributed by atoms with van der Waals surface area (Å²) < 4.78 is 5.30. The lowest BCUT2D eigenvalue weighted by Gasteiger charge is -2.16. The molecule has 0 aliphatic carbocycles. The van der Waals surface area contributed by atoms with Crippen LogP contribution in [0, 0.1) is 0 Å². The van der Waals surface area contributed by atoms with Gasteiger partial charge in [-0.25, -0.2) is 9.69 Å². The average Bonchev–Trinajstić information content (AvgIpc) is 3.00. The van der Waals surface area contributed by atoms with Crippen molar-refractivity contribution < 1.29 is 24.2 Å². The highest BCUT2D eigenvalue weighted by Crippen LogP contribution is 2.32. The van der Waals surface area contributed by atoms with E-state index in [-0.39, 0.29) is 23.8 Å². The molecule has 3 rings (SSSR count). The van der Waals surface area contributed by atoms with Gasteiger partial charge in [0.1, 0.15) is 11.0 Å². The molecule has 9 heteroatoms. The molecular weight excluding hydrogens is 394 g/mol. The first-order valence-corrected chi connectivity index (χ1v) is 9.56. The van der Waals surface area contributed by atoms with Crippen molar-refractivity contribution in [3.05, 3.63) is 54.1 Å². The molecule has 0 aromatic heterocycles. The van der Waals surface area contributed by atoms with Crippen LogP contribution in [0.25, 0.3) is 0 Å². The van der Waals surface area contributed by atoms with E-state index in [9.17, 15) is 14.4 Å². The zero-order valence-corrected chi connectivity index (χ0v) is 16.6. The number of hydrogen-bond donors (Lipinski definition) is 2. The summed E-state index contributed by atoms with van der Waals surface area (Å²) in [4.78, 5) is 41.5. The summed E-state index contributed by atoms with van der Waals surface area (Å²) in [7, 11) is 3.15. The van der Waals surface area contributed by atoms with Crippen LogP contribution in [0.3, 0.4) is 0 Å². The predicted octanol–water partition coefficient (Wildman–Crippen LogP) is 2.86. The quantitative estimate of drug-likeness (QED) is 0.441. The van der Waals surface area contributed by atoms with E-state index in [0.717, 1.165) is 16.7 Å². The molecule has 1 aliphatic heterocycles. The maximum atomic E-state index is 12.8. The molecule has 0 spiro atoms. The van der Waals surface area contributed by atoms with E-state index in [0.29, 0.717) is 22.3 Å². The molecule has 0 radical (unpaired) electrons. The molecule has 1 heterocycles. The van der Waals surface area contributed by atoms with Gasteiger partial charge in [-0.15, -0.1) is 0 Å². The summed E-state index contributed by atoms with van der Waals surface area (Å²) in [5.41, 5.74) is 1.13. The first-order valence-electron chi connectivity index (χ1n) is 8.68. The number of carboxylic acids is 1. The highest BCUT2D eigenvalue weighted by Gasteiger charge is 2.40. The van der Waals surface area contributed by atoms with Gasteiger partial charge in [0.15, 0.2) is 5.17 Å². The fraction of sp³-hybridized carbons (Fsp3) is 0.200. The van der Waals surface area contributed by atoms with Gasteiger partial charge in [0.05, 0.1) is 24.0 Å². The number of aliphatic imine (C=N–C) groups is 1. The summed E-state index contributed by atoms with van der Waals surface area (Å²) in [6.07, 6.45) is 0.0246. The molecule has 0 unspecified atom stereocenters. The van der Waals surface area contributed by atoms with Gasteiger partial charge in [0, 0.05) is 13.5 Å². The zero-order valence-electron chi connectivity index (χ0n) is 15.8. The fourth-order valence-corrected chi connectivity index (χ4v) is 3.83. The van der Waals surface area contributed by atoms with Gasteiger partial charge < -0.3 is 15.2 Å². The predicted molar refractivity (Wildman–Crippen MR) is 112 cm³/mol. The molecule has 1 fully saturated rings. The molecular formula is C20H19N3O5S. The first kappa shape index (κ1) is 20.4. The number of amidine groups is 1. The fourth-order valence-electron chi connectivity index (χ4n) is 2.86. The van der Waals surface area contributed by atoms with Crippen LogP contribution in [0.15, 0.2) is 53.5 Å². The Kier molecular flexibility index (Phi) is 6.18. The number of amides is 2. The van der Waals surface area contributed by atoms with Crippen molar-refractivity contribution in [2.45, 2.75) is 11.7 Å². The number of carbonyl (C=O) groups is 3. The van der Waals surface area contributed by atoms with E-state index in [2.05, 4.69) is 10.3 Å². The molecule has 29 heavy (non-hydrogen) atoms. The smallest absolute Gasteiger partial charge is 0.335 e. The monoisotopic (exact) mass is 413 g/mol. The third kappa shape index (κ3) is 4.40. The largest absolute Gasteiger partial charge is 0.495 e. The number of nitrogens with one attached hydrogen (secondary N) is 1. The molecule has 2 aromatic rings. The molecule has 1 atom stereocenters. The summed E-state index contributed by atoms with van der Waals surface area (Å²) >= 11 is 1.16. The Morgan fingerprint density at radius 1 is 1.21 bits per heavy atom. The second kappa shape index (κ2) is 8.78. The number of methoxy groups -OCH3 is 1. The van der Waals surface area contributed by atoms with Crippen LogP contribution in [-0.4, -0.2) is 47.5 Å². The molecule has 0 bridgehead atoms. The number of carbonyl (C=O) groups excluding carboxylic acids is 2. The Morgan fingerprint density at radius 2 is 1.90 bits per heavy atom. The van der Waals surface area contributed by atoms with Crippen molar-refractivity contribution in [1.82, 2.24) is 0 Å². The van der Waals surface area contributed by atoms with Gasteiger partial charge in [-0.2, -0.15) is 0 Å². The number of hydrogen-bond acceptors (Lipinski definition) is 6. The van der Waals surface area contributed by atoms with Crippen LogP contribution in [-0.2, 0) is 9.59 Å². The van der Waals surface area contributed by atoms with Crippen LogP contribution < -0.4 is 15.0 Å². The zero-order chi connectivity index (χ0) is 21.0. The van der Waals surface area contributed by atoms with E-state index in [4.69, 9.17) is 9.84 Å². The molecule has 2 amide bonds. The Balaban J connectivity index is 1.74. The average molecular weight is 413 g/mol. The van der Waals surface area contributed by atoms with Crippen LogP contribution >= 0.6 is 11.8 Å². The van der Waals surface area contributed by atoms with Crippen LogP contribution in [0.4, 0.5) is 11.4 Å². The Labute approximate surface area is 171 Å². The standard InChI is InChI=1S/C20H19N3O5S/c1-21-20(22-14-5-3-4-6-15(14)28-2)29-16-11-17(24)23(18(16)25)13-9-7-12(8-10-13)19(26)27/h3-10,16H,11H2,1-2H3,(H,21,22)(H,26,27)/t16-/m1/s1. The van der Waals surface area contributed by atoms with Gasteiger partial charge in [-0.1, -0.05) is 23.9 Å². The minimum Gasteiger partial charge on any atom is -0.495 e. The van der Waals surface area contributed by atoms with Crippen molar-refractivity contribution in [1.29, 1.82) is 0 Å². The number of rotatable bonds is 5. The van der Waals surface area contributed by atoms with E-state index in [1.165, 1.54) is 24.3 Å². The first-order chi connectivity index (χ1) is 13.9. The summed E-state index contributed by atoms with van der Waals surface area (Å²) in [6, 6.07) is 12.9. The number of imide groups is 1. The van der Waals surface area contributed by atoms with Crippen LogP contribution in [0.2, 0.25) is 0 Å². The van der Waals surface area contributed by atoms with Gasteiger partial charge in [-0.3, -0.25) is 14.6 Å². The second-order valence-electron chi connectivity index (χ2n) is 6.08.